The number of hydrogen-bond donors (Lipinski definition) is 1. The lowest BCUT2D eigenvalue weighted by molar-refractivity contribution is 0.105. The van der Waals surface area contributed by atoms with Crippen molar-refractivity contribution in [2.75, 3.05) is 6.61 Å². The fraction of sp³-hybridized carbons (Fsp3) is 0.500. The first kappa shape index (κ1) is 8.72. The Labute approximate surface area is 79.9 Å². The van der Waals surface area contributed by atoms with Crippen LogP contribution in [-0.4, -0.2) is 16.6 Å². The summed E-state index contributed by atoms with van der Waals surface area (Å²) in [6.07, 6.45) is 1.80. The smallest absolute Gasteiger partial charge is 0.252 e. The van der Waals surface area contributed by atoms with E-state index < -0.39 is 0 Å². The summed E-state index contributed by atoms with van der Waals surface area (Å²) in [5.41, 5.74) is -0.231. The molecule has 1 N–H and O–H groups in total. The second-order valence-corrected chi connectivity index (χ2v) is 3.34. The van der Waals surface area contributed by atoms with Gasteiger partial charge in [0.25, 0.3) is 5.56 Å². The van der Waals surface area contributed by atoms with Crippen LogP contribution in [0, 0.1) is 0 Å². The second kappa shape index (κ2) is 3.47. The highest BCUT2D eigenvalue weighted by Crippen LogP contribution is 2.25. The third-order valence-electron chi connectivity index (χ3n) is 1.96. The summed E-state index contributed by atoms with van der Waals surface area (Å²) < 4.78 is 5.36. The molecule has 0 saturated carbocycles. The number of nitrogens with zero attached hydrogens (tertiary/aromatic N) is 1. The van der Waals surface area contributed by atoms with Gasteiger partial charge < -0.3 is 9.72 Å². The molecule has 0 unspecified atom stereocenters. The van der Waals surface area contributed by atoms with Gasteiger partial charge in [-0.05, 0) is 12.8 Å². The van der Waals surface area contributed by atoms with Crippen LogP contribution in [0.4, 0.5) is 0 Å². The molecular weight excluding hydrogens is 192 g/mol. The van der Waals surface area contributed by atoms with Crippen LogP contribution in [-0.2, 0) is 4.74 Å². The third kappa shape index (κ3) is 1.89. The van der Waals surface area contributed by atoms with Crippen molar-refractivity contribution in [2.45, 2.75) is 18.9 Å². The minimum Gasteiger partial charge on any atom is -0.370 e. The van der Waals surface area contributed by atoms with Crippen LogP contribution in [0.25, 0.3) is 0 Å². The van der Waals surface area contributed by atoms with Gasteiger partial charge in [0.15, 0.2) is 0 Å². The second-order valence-electron chi connectivity index (χ2n) is 2.96. The molecule has 0 spiro atoms. The Hall–Kier alpha value is -0.870. The van der Waals surface area contributed by atoms with E-state index in [0.29, 0.717) is 5.82 Å². The molecule has 1 fully saturated rings. The van der Waals surface area contributed by atoms with Gasteiger partial charge in [0.2, 0.25) is 0 Å². The Morgan fingerprint density at radius 2 is 2.54 bits per heavy atom. The fourth-order valence-corrected chi connectivity index (χ4v) is 1.58. The highest BCUT2D eigenvalue weighted by Gasteiger charge is 2.20. The van der Waals surface area contributed by atoms with E-state index >= 15 is 0 Å². The number of H-pyrrole nitrogens is 1. The number of aromatic nitrogens is 2. The highest BCUT2D eigenvalue weighted by atomic mass is 35.5. The molecular formula is C8H9ClN2O2. The van der Waals surface area contributed by atoms with E-state index in [2.05, 4.69) is 9.97 Å². The molecule has 1 aliphatic rings. The van der Waals surface area contributed by atoms with Crippen molar-refractivity contribution >= 4 is 11.6 Å². The van der Waals surface area contributed by atoms with Crippen molar-refractivity contribution in [2.24, 2.45) is 0 Å². The van der Waals surface area contributed by atoms with Gasteiger partial charge >= 0.3 is 0 Å². The average molecular weight is 201 g/mol. The summed E-state index contributed by atoms with van der Waals surface area (Å²) in [6, 6.07) is 1.25. The van der Waals surface area contributed by atoms with Crippen molar-refractivity contribution in [1.29, 1.82) is 0 Å². The van der Waals surface area contributed by atoms with Crippen LogP contribution in [0.15, 0.2) is 10.9 Å². The zero-order valence-corrected chi connectivity index (χ0v) is 7.67. The molecule has 0 bridgehead atoms. The lowest BCUT2D eigenvalue weighted by atomic mass is 10.2. The van der Waals surface area contributed by atoms with Crippen molar-refractivity contribution in [3.05, 3.63) is 27.4 Å². The molecule has 1 aromatic rings. The predicted octanol–water partition coefficient (Wildman–Crippen LogP) is 1.27. The zero-order valence-electron chi connectivity index (χ0n) is 6.92. The van der Waals surface area contributed by atoms with E-state index in [1.165, 1.54) is 6.07 Å². The quantitative estimate of drug-likeness (QED) is 0.695. The van der Waals surface area contributed by atoms with Crippen LogP contribution in [0.2, 0.25) is 5.15 Å². The first-order valence-corrected chi connectivity index (χ1v) is 4.52. The van der Waals surface area contributed by atoms with Gasteiger partial charge in [0, 0.05) is 12.7 Å². The number of nitrogens with one attached hydrogen (secondary N) is 1. The number of aromatic amines is 1. The Morgan fingerprint density at radius 1 is 1.69 bits per heavy atom. The molecule has 2 heterocycles. The van der Waals surface area contributed by atoms with E-state index in [-0.39, 0.29) is 16.8 Å². The number of halogens is 1. The first-order chi connectivity index (χ1) is 6.25. The van der Waals surface area contributed by atoms with Gasteiger partial charge in [0.1, 0.15) is 17.1 Å². The predicted molar refractivity (Wildman–Crippen MR) is 47.8 cm³/mol. The van der Waals surface area contributed by atoms with E-state index in [9.17, 15) is 4.79 Å². The highest BCUT2D eigenvalue weighted by molar-refractivity contribution is 6.29. The molecule has 0 amide bonds. The first-order valence-electron chi connectivity index (χ1n) is 4.14. The van der Waals surface area contributed by atoms with Gasteiger partial charge in [0.05, 0.1) is 0 Å². The summed E-state index contributed by atoms with van der Waals surface area (Å²) in [5, 5.41) is 0.217. The minimum atomic E-state index is -0.231. The molecule has 1 aromatic heterocycles. The molecule has 1 aliphatic heterocycles. The van der Waals surface area contributed by atoms with Crippen molar-refractivity contribution < 1.29 is 4.74 Å². The molecule has 2 rings (SSSR count). The van der Waals surface area contributed by atoms with Crippen LogP contribution in [0.3, 0.4) is 0 Å². The zero-order chi connectivity index (χ0) is 9.26. The third-order valence-corrected chi connectivity index (χ3v) is 2.16. The van der Waals surface area contributed by atoms with Crippen LogP contribution < -0.4 is 5.56 Å². The molecule has 1 atom stereocenters. The summed E-state index contributed by atoms with van der Waals surface area (Å²) in [6.45, 7) is 0.723. The van der Waals surface area contributed by atoms with E-state index in [4.69, 9.17) is 16.3 Å². The molecule has 4 nitrogen and oxygen atoms in total. The van der Waals surface area contributed by atoms with E-state index in [0.717, 1.165) is 19.4 Å². The van der Waals surface area contributed by atoms with Gasteiger partial charge in [-0.2, -0.15) is 0 Å². The molecule has 5 heteroatoms. The van der Waals surface area contributed by atoms with E-state index in [1.807, 2.05) is 0 Å². The van der Waals surface area contributed by atoms with Gasteiger partial charge in [-0.15, -0.1) is 0 Å². The number of rotatable bonds is 1. The van der Waals surface area contributed by atoms with Crippen molar-refractivity contribution in [3.63, 3.8) is 0 Å². The van der Waals surface area contributed by atoms with Gasteiger partial charge in [-0.1, -0.05) is 11.6 Å². The Balaban J connectivity index is 2.33. The summed E-state index contributed by atoms with van der Waals surface area (Å²) in [7, 11) is 0. The number of ether oxygens (including phenoxy) is 1. The standard InChI is InChI=1S/C8H9ClN2O2/c9-6-4-7(12)11-8(10-6)5-2-1-3-13-5/h4-5H,1-3H2,(H,10,11,12)/t5-/m1/s1. The topological polar surface area (TPSA) is 55.0 Å². The van der Waals surface area contributed by atoms with Crippen LogP contribution >= 0.6 is 11.6 Å². The normalized spacial score (nSPS) is 22.1. The maximum atomic E-state index is 11.0. The SMILES string of the molecule is O=c1cc(Cl)nc([C@H]2CCCO2)[nH]1. The summed E-state index contributed by atoms with van der Waals surface area (Å²) in [4.78, 5) is 17.6. The van der Waals surface area contributed by atoms with Gasteiger partial charge in [-0.3, -0.25) is 4.79 Å². The molecule has 70 valence electrons. The maximum Gasteiger partial charge on any atom is 0.252 e. The molecule has 1 saturated heterocycles. The van der Waals surface area contributed by atoms with Gasteiger partial charge in [-0.25, -0.2) is 4.98 Å². The van der Waals surface area contributed by atoms with Crippen molar-refractivity contribution in [3.8, 4) is 0 Å². The number of hydrogen-bond acceptors (Lipinski definition) is 3. The summed E-state index contributed by atoms with van der Waals surface area (Å²) >= 11 is 5.64. The molecule has 0 radical (unpaired) electrons. The van der Waals surface area contributed by atoms with Crippen molar-refractivity contribution in [1.82, 2.24) is 9.97 Å². The molecule has 0 aromatic carbocycles. The average Bonchev–Trinajstić information content (AvgIpc) is 2.53. The lowest BCUT2D eigenvalue weighted by Gasteiger charge is -2.07. The minimum absolute atomic E-state index is 0.0913. The van der Waals surface area contributed by atoms with Crippen LogP contribution in [0.5, 0.6) is 0 Å². The lowest BCUT2D eigenvalue weighted by Crippen LogP contribution is -2.13. The van der Waals surface area contributed by atoms with E-state index in [1.54, 1.807) is 0 Å². The Kier molecular flexibility index (Phi) is 2.33. The summed E-state index contributed by atoms with van der Waals surface area (Å²) in [5.74, 6) is 0.537. The Morgan fingerprint density at radius 3 is 3.15 bits per heavy atom. The largest absolute Gasteiger partial charge is 0.370 e. The molecule has 13 heavy (non-hydrogen) atoms. The fourth-order valence-electron chi connectivity index (χ4n) is 1.39. The monoisotopic (exact) mass is 200 g/mol. The Bertz CT molecular complexity index is 357. The maximum absolute atomic E-state index is 11.0. The molecule has 0 aliphatic carbocycles. The van der Waals surface area contributed by atoms with Crippen LogP contribution in [0.1, 0.15) is 24.8 Å².